The Morgan fingerprint density at radius 1 is 0.833 bits per heavy atom. The van der Waals surface area contributed by atoms with Gasteiger partial charge in [0.25, 0.3) is 0 Å². The molecule has 2 fully saturated rings. The first-order valence-electron chi connectivity index (χ1n) is 9.34. The molecule has 2 nitrogen and oxygen atoms in total. The topological polar surface area (TPSA) is 23.2 Å². The lowest BCUT2D eigenvalue weighted by Crippen LogP contribution is -2.38. The number of nitrogens with zero attached hydrogens (tertiary/aromatic N) is 1. The van der Waals surface area contributed by atoms with Gasteiger partial charge in [0.05, 0.1) is 6.04 Å². The van der Waals surface area contributed by atoms with Gasteiger partial charge in [-0.1, -0.05) is 79.9 Å². The Kier molecular flexibility index (Phi) is 4.19. The van der Waals surface area contributed by atoms with Gasteiger partial charge < -0.3 is 5.11 Å². The standard InChI is InChI=1S/C22H27NO/c1-17-21(23(17)20-15-9-4-10-16-20)22(24,18-11-5-2-6-12-18)19-13-7-3-8-14-19/h2-3,5-8,11-14,17,20-21,24H,4,9-10,15-16H2,1H3/t17-,21-,23?/m1/s1. The van der Waals surface area contributed by atoms with Crippen LogP contribution in [0.4, 0.5) is 0 Å². The fourth-order valence-corrected chi connectivity index (χ4v) is 4.77. The number of rotatable bonds is 4. The van der Waals surface area contributed by atoms with Gasteiger partial charge in [0, 0.05) is 12.1 Å². The zero-order chi connectivity index (χ0) is 16.6. The lowest BCUT2D eigenvalue weighted by atomic mass is 9.82. The highest BCUT2D eigenvalue weighted by atomic mass is 16.3. The molecule has 1 aliphatic carbocycles. The lowest BCUT2D eigenvalue weighted by Gasteiger charge is -2.32. The number of hydrogen-bond acceptors (Lipinski definition) is 2. The van der Waals surface area contributed by atoms with Gasteiger partial charge in [-0.2, -0.15) is 0 Å². The molecule has 1 unspecified atom stereocenters. The molecule has 1 aliphatic heterocycles. The van der Waals surface area contributed by atoms with Crippen LogP contribution in [0.1, 0.15) is 50.2 Å². The molecule has 1 N–H and O–H groups in total. The summed E-state index contributed by atoms with van der Waals surface area (Å²) in [7, 11) is 0. The van der Waals surface area contributed by atoms with Crippen LogP contribution in [0.15, 0.2) is 60.7 Å². The normalized spacial score (nSPS) is 27.8. The molecule has 4 rings (SSSR count). The Balaban J connectivity index is 1.72. The minimum Gasteiger partial charge on any atom is -0.379 e. The van der Waals surface area contributed by atoms with Crippen LogP contribution in [-0.2, 0) is 5.60 Å². The zero-order valence-electron chi connectivity index (χ0n) is 14.4. The van der Waals surface area contributed by atoms with Crippen molar-refractivity contribution in [3.63, 3.8) is 0 Å². The van der Waals surface area contributed by atoms with Crippen molar-refractivity contribution in [1.29, 1.82) is 0 Å². The second-order valence-electron chi connectivity index (χ2n) is 7.42. The van der Waals surface area contributed by atoms with Crippen LogP contribution in [0.25, 0.3) is 0 Å². The van der Waals surface area contributed by atoms with Crippen molar-refractivity contribution in [2.24, 2.45) is 0 Å². The van der Waals surface area contributed by atoms with Crippen LogP contribution in [0.5, 0.6) is 0 Å². The smallest absolute Gasteiger partial charge is 0.132 e. The molecule has 1 saturated carbocycles. The lowest BCUT2D eigenvalue weighted by molar-refractivity contribution is 0.0563. The van der Waals surface area contributed by atoms with Crippen molar-refractivity contribution in [3.8, 4) is 0 Å². The summed E-state index contributed by atoms with van der Waals surface area (Å²) in [5, 5.41) is 11.9. The number of aliphatic hydroxyl groups is 1. The fourth-order valence-electron chi connectivity index (χ4n) is 4.77. The third kappa shape index (κ3) is 2.58. The SMILES string of the molecule is C[C@@H]1[C@H](C(O)(c2ccccc2)c2ccccc2)N1C1CCCCC1. The summed E-state index contributed by atoms with van der Waals surface area (Å²) in [6.07, 6.45) is 6.58. The maximum Gasteiger partial charge on any atom is 0.132 e. The second-order valence-corrected chi connectivity index (χ2v) is 7.42. The van der Waals surface area contributed by atoms with E-state index in [-0.39, 0.29) is 6.04 Å². The van der Waals surface area contributed by atoms with E-state index in [9.17, 15) is 5.11 Å². The second kappa shape index (κ2) is 6.34. The quantitative estimate of drug-likeness (QED) is 0.847. The van der Waals surface area contributed by atoms with E-state index in [1.165, 1.54) is 32.1 Å². The Labute approximate surface area is 145 Å². The summed E-state index contributed by atoms with van der Waals surface area (Å²) in [6.45, 7) is 2.27. The molecule has 2 aromatic carbocycles. The van der Waals surface area contributed by atoms with E-state index in [2.05, 4.69) is 36.1 Å². The number of benzene rings is 2. The van der Waals surface area contributed by atoms with E-state index in [0.717, 1.165) is 11.1 Å². The van der Waals surface area contributed by atoms with Crippen molar-refractivity contribution in [1.82, 2.24) is 4.90 Å². The van der Waals surface area contributed by atoms with E-state index in [1.807, 2.05) is 36.4 Å². The van der Waals surface area contributed by atoms with Crippen molar-refractivity contribution in [2.75, 3.05) is 0 Å². The minimum atomic E-state index is -0.931. The summed E-state index contributed by atoms with van der Waals surface area (Å²) in [5.74, 6) is 0. The Morgan fingerprint density at radius 3 is 1.83 bits per heavy atom. The van der Waals surface area contributed by atoms with Crippen LogP contribution in [0.2, 0.25) is 0 Å². The van der Waals surface area contributed by atoms with E-state index in [0.29, 0.717) is 12.1 Å². The maximum absolute atomic E-state index is 11.9. The number of hydrogen-bond donors (Lipinski definition) is 1. The summed E-state index contributed by atoms with van der Waals surface area (Å²) in [6, 6.07) is 21.7. The van der Waals surface area contributed by atoms with Crippen LogP contribution in [0.3, 0.4) is 0 Å². The van der Waals surface area contributed by atoms with Crippen LogP contribution in [0, 0.1) is 0 Å². The molecular weight excluding hydrogens is 294 g/mol. The van der Waals surface area contributed by atoms with Gasteiger partial charge in [-0.25, -0.2) is 0 Å². The average molecular weight is 321 g/mol. The van der Waals surface area contributed by atoms with Gasteiger partial charge in [-0.3, -0.25) is 4.90 Å². The summed E-state index contributed by atoms with van der Waals surface area (Å²) >= 11 is 0. The summed E-state index contributed by atoms with van der Waals surface area (Å²) in [4.78, 5) is 2.57. The van der Waals surface area contributed by atoms with Crippen molar-refractivity contribution >= 4 is 0 Å². The van der Waals surface area contributed by atoms with Crippen LogP contribution < -0.4 is 0 Å². The third-order valence-corrected chi connectivity index (χ3v) is 6.01. The molecule has 2 heteroatoms. The predicted octanol–water partition coefficient (Wildman–Crippen LogP) is 4.33. The van der Waals surface area contributed by atoms with E-state index in [4.69, 9.17) is 0 Å². The van der Waals surface area contributed by atoms with Crippen LogP contribution in [-0.4, -0.2) is 28.1 Å². The first-order chi connectivity index (χ1) is 11.7. The monoisotopic (exact) mass is 321 g/mol. The highest BCUT2D eigenvalue weighted by molar-refractivity contribution is 5.41. The van der Waals surface area contributed by atoms with Gasteiger partial charge in [-0.15, -0.1) is 0 Å². The van der Waals surface area contributed by atoms with Gasteiger partial charge in [0.2, 0.25) is 0 Å². The zero-order valence-corrected chi connectivity index (χ0v) is 14.4. The Hall–Kier alpha value is -1.64. The molecule has 1 saturated heterocycles. The maximum atomic E-state index is 11.9. The molecule has 126 valence electrons. The highest BCUT2D eigenvalue weighted by Crippen LogP contribution is 2.49. The molecule has 0 spiro atoms. The van der Waals surface area contributed by atoms with Crippen molar-refractivity contribution in [2.45, 2.75) is 62.8 Å². The molecule has 0 amide bonds. The average Bonchev–Trinajstić information content (AvgIpc) is 3.35. The molecule has 2 aromatic rings. The molecule has 3 atom stereocenters. The predicted molar refractivity (Wildman–Crippen MR) is 97.8 cm³/mol. The van der Waals surface area contributed by atoms with E-state index < -0.39 is 5.60 Å². The van der Waals surface area contributed by atoms with Crippen LogP contribution >= 0.6 is 0 Å². The molecule has 2 aliphatic rings. The molecule has 0 bridgehead atoms. The van der Waals surface area contributed by atoms with Crippen molar-refractivity contribution < 1.29 is 5.11 Å². The molecule has 0 aromatic heterocycles. The highest BCUT2D eigenvalue weighted by Gasteiger charge is 2.60. The first kappa shape index (κ1) is 15.9. The van der Waals surface area contributed by atoms with Crippen molar-refractivity contribution in [3.05, 3.63) is 71.8 Å². The Bertz CT molecular complexity index is 623. The molecule has 0 radical (unpaired) electrons. The Morgan fingerprint density at radius 2 is 1.33 bits per heavy atom. The summed E-state index contributed by atoms with van der Waals surface area (Å²) < 4.78 is 0. The van der Waals surface area contributed by atoms with E-state index in [1.54, 1.807) is 0 Å². The fraction of sp³-hybridized carbons (Fsp3) is 0.455. The molecule has 1 heterocycles. The molecular formula is C22H27NO. The minimum absolute atomic E-state index is 0.172. The van der Waals surface area contributed by atoms with E-state index >= 15 is 0 Å². The first-order valence-corrected chi connectivity index (χ1v) is 9.34. The third-order valence-electron chi connectivity index (χ3n) is 6.01. The molecule has 24 heavy (non-hydrogen) atoms. The van der Waals surface area contributed by atoms with Gasteiger partial charge in [-0.05, 0) is 30.9 Å². The summed E-state index contributed by atoms with van der Waals surface area (Å²) in [5.41, 5.74) is 1.08. The van der Waals surface area contributed by atoms with Gasteiger partial charge in [0.1, 0.15) is 5.60 Å². The van der Waals surface area contributed by atoms with Gasteiger partial charge >= 0.3 is 0 Å². The largest absolute Gasteiger partial charge is 0.379 e. The van der Waals surface area contributed by atoms with Gasteiger partial charge in [0.15, 0.2) is 0 Å².